The molecule has 2 aromatic heterocycles. The van der Waals surface area contributed by atoms with E-state index in [0.717, 1.165) is 0 Å². The monoisotopic (exact) mass is 345 g/mol. The Kier molecular flexibility index (Phi) is 4.52. The Morgan fingerprint density at radius 2 is 1.96 bits per heavy atom. The molecular formula is C16H12ClN3O4. The predicted octanol–water partition coefficient (Wildman–Crippen LogP) is 1.72. The molecule has 24 heavy (non-hydrogen) atoms. The van der Waals surface area contributed by atoms with Crippen molar-refractivity contribution in [3.63, 3.8) is 0 Å². The van der Waals surface area contributed by atoms with Gasteiger partial charge in [-0.3, -0.25) is 19.6 Å². The van der Waals surface area contributed by atoms with Crippen molar-refractivity contribution in [2.75, 3.05) is 12.4 Å². The minimum absolute atomic E-state index is 0.0570. The molecule has 2 aromatic rings. The second kappa shape index (κ2) is 6.76. The topological polar surface area (TPSA) is 98.2 Å². The van der Waals surface area contributed by atoms with Gasteiger partial charge in [0.05, 0.1) is 11.1 Å². The number of carbonyl (C=O) groups excluding carboxylic acids is 3. The Labute approximate surface area is 142 Å². The average molecular weight is 346 g/mol. The highest BCUT2D eigenvalue weighted by Gasteiger charge is 2.32. The number of ether oxygens (including phenoxy) is 1. The zero-order valence-corrected chi connectivity index (χ0v) is 13.2. The summed E-state index contributed by atoms with van der Waals surface area (Å²) >= 11 is 5.46. The SMILES string of the molecule is O=C(NCCCl)OCc1cnc2c(c1)C(=O)c1cccnc1C2=O. The third-order valence-electron chi connectivity index (χ3n) is 3.41. The Morgan fingerprint density at radius 1 is 1.17 bits per heavy atom. The molecule has 0 radical (unpaired) electrons. The maximum Gasteiger partial charge on any atom is 0.407 e. The van der Waals surface area contributed by atoms with Crippen LogP contribution in [0.2, 0.25) is 0 Å². The van der Waals surface area contributed by atoms with Crippen LogP contribution in [0, 0.1) is 0 Å². The third-order valence-corrected chi connectivity index (χ3v) is 3.59. The summed E-state index contributed by atoms with van der Waals surface area (Å²) in [5.41, 5.74) is 1.09. The van der Waals surface area contributed by atoms with Crippen LogP contribution in [0.25, 0.3) is 0 Å². The molecule has 2 heterocycles. The lowest BCUT2D eigenvalue weighted by Crippen LogP contribution is -2.26. The van der Waals surface area contributed by atoms with Crippen LogP contribution in [-0.4, -0.2) is 40.1 Å². The Balaban J connectivity index is 1.82. The van der Waals surface area contributed by atoms with Crippen LogP contribution < -0.4 is 5.32 Å². The lowest BCUT2D eigenvalue weighted by molar-refractivity contribution is 0.0971. The van der Waals surface area contributed by atoms with E-state index in [0.29, 0.717) is 12.1 Å². The lowest BCUT2D eigenvalue weighted by Gasteiger charge is -2.16. The number of carbonyl (C=O) groups is 3. The molecule has 122 valence electrons. The molecule has 0 saturated carbocycles. The summed E-state index contributed by atoms with van der Waals surface area (Å²) in [5.74, 6) is -0.444. The van der Waals surface area contributed by atoms with Gasteiger partial charge in [0, 0.05) is 30.4 Å². The van der Waals surface area contributed by atoms with E-state index in [4.69, 9.17) is 16.3 Å². The molecule has 0 bridgehead atoms. The third kappa shape index (κ3) is 2.98. The Bertz CT molecular complexity index is 838. The first-order valence-corrected chi connectivity index (χ1v) is 7.65. The van der Waals surface area contributed by atoms with Crippen LogP contribution in [0.4, 0.5) is 4.79 Å². The van der Waals surface area contributed by atoms with E-state index in [1.807, 2.05) is 0 Å². The number of ketones is 2. The van der Waals surface area contributed by atoms with E-state index >= 15 is 0 Å². The quantitative estimate of drug-likeness (QED) is 0.723. The number of fused-ring (bicyclic) bond motifs is 2. The second-order valence-corrected chi connectivity index (χ2v) is 5.37. The van der Waals surface area contributed by atoms with Crippen LogP contribution in [0.15, 0.2) is 30.6 Å². The fourth-order valence-electron chi connectivity index (χ4n) is 2.32. The molecular weight excluding hydrogens is 334 g/mol. The van der Waals surface area contributed by atoms with Crippen LogP contribution in [-0.2, 0) is 11.3 Å². The number of aromatic nitrogens is 2. The summed E-state index contributed by atoms with van der Waals surface area (Å²) in [6.45, 7) is 0.218. The first kappa shape index (κ1) is 16.1. The van der Waals surface area contributed by atoms with E-state index in [2.05, 4.69) is 15.3 Å². The van der Waals surface area contributed by atoms with Crippen molar-refractivity contribution in [2.24, 2.45) is 0 Å². The highest BCUT2D eigenvalue weighted by atomic mass is 35.5. The van der Waals surface area contributed by atoms with Crippen molar-refractivity contribution >= 4 is 29.3 Å². The number of nitrogens with one attached hydrogen (secondary N) is 1. The molecule has 0 fully saturated rings. The summed E-state index contributed by atoms with van der Waals surface area (Å²) in [5, 5.41) is 2.45. The normalized spacial score (nSPS) is 12.4. The van der Waals surface area contributed by atoms with E-state index in [9.17, 15) is 14.4 Å². The molecule has 0 saturated heterocycles. The maximum absolute atomic E-state index is 12.5. The molecule has 1 aliphatic rings. The van der Waals surface area contributed by atoms with E-state index in [-0.39, 0.29) is 40.8 Å². The van der Waals surface area contributed by atoms with Gasteiger partial charge < -0.3 is 10.1 Å². The van der Waals surface area contributed by atoms with Gasteiger partial charge in [-0.2, -0.15) is 0 Å². The number of hydrogen-bond acceptors (Lipinski definition) is 6. The average Bonchev–Trinajstić information content (AvgIpc) is 2.62. The van der Waals surface area contributed by atoms with E-state index in [1.165, 1.54) is 18.5 Å². The number of hydrogen-bond donors (Lipinski definition) is 1. The van der Waals surface area contributed by atoms with Crippen molar-refractivity contribution in [3.8, 4) is 0 Å². The van der Waals surface area contributed by atoms with Gasteiger partial charge in [0.25, 0.3) is 0 Å². The van der Waals surface area contributed by atoms with Crippen LogP contribution in [0.3, 0.4) is 0 Å². The number of amides is 1. The minimum atomic E-state index is -0.620. The summed E-state index contributed by atoms with van der Waals surface area (Å²) in [4.78, 5) is 44.3. The van der Waals surface area contributed by atoms with Crippen molar-refractivity contribution < 1.29 is 19.1 Å². The molecule has 1 aliphatic carbocycles. The molecule has 8 heteroatoms. The smallest absolute Gasteiger partial charge is 0.407 e. The number of halogens is 1. The van der Waals surface area contributed by atoms with Gasteiger partial charge >= 0.3 is 6.09 Å². The first-order valence-electron chi connectivity index (χ1n) is 7.11. The van der Waals surface area contributed by atoms with Crippen molar-refractivity contribution in [1.29, 1.82) is 0 Å². The molecule has 0 aliphatic heterocycles. The molecule has 1 N–H and O–H groups in total. The molecule has 0 spiro atoms. The van der Waals surface area contributed by atoms with E-state index < -0.39 is 11.9 Å². The highest BCUT2D eigenvalue weighted by Crippen LogP contribution is 2.25. The summed E-state index contributed by atoms with van der Waals surface area (Å²) in [6.07, 6.45) is 2.23. The first-order chi connectivity index (χ1) is 11.6. The van der Waals surface area contributed by atoms with Gasteiger partial charge in [0.15, 0.2) is 5.78 Å². The van der Waals surface area contributed by atoms with Gasteiger partial charge in [-0.05, 0) is 18.2 Å². The predicted molar refractivity (Wildman–Crippen MR) is 84.2 cm³/mol. The number of pyridine rings is 2. The zero-order valence-electron chi connectivity index (χ0n) is 12.4. The lowest BCUT2D eigenvalue weighted by atomic mass is 9.90. The van der Waals surface area contributed by atoms with Crippen molar-refractivity contribution in [3.05, 3.63) is 58.7 Å². The van der Waals surface area contributed by atoms with Crippen molar-refractivity contribution in [2.45, 2.75) is 6.61 Å². The maximum atomic E-state index is 12.5. The number of alkyl carbamates (subject to hydrolysis) is 1. The van der Waals surface area contributed by atoms with Gasteiger partial charge in [-0.1, -0.05) is 0 Å². The molecule has 3 rings (SSSR count). The van der Waals surface area contributed by atoms with Gasteiger partial charge in [-0.25, -0.2) is 4.79 Å². The fourth-order valence-corrected chi connectivity index (χ4v) is 2.41. The summed E-state index contributed by atoms with van der Waals surface area (Å²) < 4.78 is 5.00. The summed E-state index contributed by atoms with van der Waals surface area (Å²) in [7, 11) is 0. The largest absolute Gasteiger partial charge is 0.445 e. The van der Waals surface area contributed by atoms with Gasteiger partial charge in [0.1, 0.15) is 18.0 Å². The Morgan fingerprint density at radius 3 is 2.75 bits per heavy atom. The second-order valence-electron chi connectivity index (χ2n) is 4.99. The van der Waals surface area contributed by atoms with Crippen molar-refractivity contribution in [1.82, 2.24) is 15.3 Å². The molecule has 0 unspecified atom stereocenters. The minimum Gasteiger partial charge on any atom is -0.445 e. The molecule has 0 aromatic carbocycles. The van der Waals surface area contributed by atoms with Crippen LogP contribution >= 0.6 is 11.6 Å². The standard InChI is InChI=1S/C16H12ClN3O4/c17-3-5-19-16(23)24-8-9-6-11-13(20-7-9)15(22)12-10(14(11)21)2-1-4-18-12/h1-2,4,6-7H,3,5,8H2,(H,19,23). The molecule has 7 nitrogen and oxygen atoms in total. The number of nitrogens with zero attached hydrogens (tertiary/aromatic N) is 2. The van der Waals surface area contributed by atoms with Gasteiger partial charge in [0.2, 0.25) is 5.78 Å². The van der Waals surface area contributed by atoms with E-state index in [1.54, 1.807) is 12.1 Å². The van der Waals surface area contributed by atoms with Crippen LogP contribution in [0.1, 0.15) is 37.7 Å². The zero-order chi connectivity index (χ0) is 17.1. The highest BCUT2D eigenvalue weighted by molar-refractivity contribution is 6.26. The fraction of sp³-hybridized carbons (Fsp3) is 0.188. The molecule has 0 atom stereocenters. The summed E-state index contributed by atoms with van der Waals surface area (Å²) in [6, 6.07) is 4.65. The van der Waals surface area contributed by atoms with Gasteiger partial charge in [-0.15, -0.1) is 11.6 Å². The molecule has 1 amide bonds. The number of alkyl halides is 1. The Hall–Kier alpha value is -2.80. The van der Waals surface area contributed by atoms with Crippen LogP contribution in [0.5, 0.6) is 0 Å². The number of rotatable bonds is 4.